The molecule has 1 aromatic rings. The molecule has 94 valence electrons. The van der Waals surface area contributed by atoms with Crippen molar-refractivity contribution < 1.29 is 0 Å². The smallest absolute Gasteiger partial charge is 0.137 e. The van der Waals surface area contributed by atoms with Crippen molar-refractivity contribution >= 4 is 11.6 Å². The van der Waals surface area contributed by atoms with E-state index in [0.717, 1.165) is 37.1 Å². The SMILES string of the molecule is CCNc1nc(C)nc(N2CCCCC2)c1C. The Morgan fingerprint density at radius 1 is 1.12 bits per heavy atom. The zero-order valence-corrected chi connectivity index (χ0v) is 11.1. The Morgan fingerprint density at radius 3 is 2.47 bits per heavy atom. The van der Waals surface area contributed by atoms with Gasteiger partial charge in [0.1, 0.15) is 17.5 Å². The average molecular weight is 234 g/mol. The maximum atomic E-state index is 4.61. The first-order chi connectivity index (χ1) is 8.22. The second-order valence-electron chi connectivity index (χ2n) is 4.65. The Kier molecular flexibility index (Phi) is 3.82. The van der Waals surface area contributed by atoms with E-state index in [4.69, 9.17) is 0 Å². The molecular weight excluding hydrogens is 212 g/mol. The molecule has 0 atom stereocenters. The van der Waals surface area contributed by atoms with Crippen molar-refractivity contribution in [1.29, 1.82) is 0 Å². The first-order valence-electron chi connectivity index (χ1n) is 6.56. The second-order valence-corrected chi connectivity index (χ2v) is 4.65. The summed E-state index contributed by atoms with van der Waals surface area (Å²) in [5, 5.41) is 3.32. The predicted molar refractivity (Wildman–Crippen MR) is 71.7 cm³/mol. The molecule has 4 heteroatoms. The van der Waals surface area contributed by atoms with Crippen molar-refractivity contribution in [2.24, 2.45) is 0 Å². The molecule has 0 amide bonds. The van der Waals surface area contributed by atoms with Crippen LogP contribution in [0.5, 0.6) is 0 Å². The summed E-state index contributed by atoms with van der Waals surface area (Å²) < 4.78 is 0. The molecular formula is C13H22N4. The van der Waals surface area contributed by atoms with Crippen molar-refractivity contribution in [2.45, 2.75) is 40.0 Å². The van der Waals surface area contributed by atoms with E-state index in [1.807, 2.05) is 6.92 Å². The number of nitrogens with zero attached hydrogens (tertiary/aromatic N) is 3. The zero-order valence-electron chi connectivity index (χ0n) is 11.1. The Hall–Kier alpha value is -1.32. The summed E-state index contributed by atoms with van der Waals surface area (Å²) in [6.45, 7) is 9.33. The van der Waals surface area contributed by atoms with Crippen LogP contribution in [0, 0.1) is 13.8 Å². The minimum absolute atomic E-state index is 0.854. The van der Waals surface area contributed by atoms with Gasteiger partial charge in [-0.1, -0.05) is 0 Å². The summed E-state index contributed by atoms with van der Waals surface area (Å²) in [7, 11) is 0. The van der Waals surface area contributed by atoms with Crippen LogP contribution in [0.25, 0.3) is 0 Å². The van der Waals surface area contributed by atoms with Crippen LogP contribution in [0.2, 0.25) is 0 Å². The maximum Gasteiger partial charge on any atom is 0.137 e. The molecule has 2 rings (SSSR count). The van der Waals surface area contributed by atoms with Gasteiger partial charge in [0.25, 0.3) is 0 Å². The minimum Gasteiger partial charge on any atom is -0.370 e. The maximum absolute atomic E-state index is 4.61. The first-order valence-corrected chi connectivity index (χ1v) is 6.56. The Labute approximate surface area is 103 Å². The fourth-order valence-corrected chi connectivity index (χ4v) is 2.37. The summed E-state index contributed by atoms with van der Waals surface area (Å²) in [5.41, 5.74) is 1.18. The Balaban J connectivity index is 2.31. The van der Waals surface area contributed by atoms with Gasteiger partial charge in [-0.25, -0.2) is 9.97 Å². The highest BCUT2D eigenvalue weighted by atomic mass is 15.2. The number of aryl methyl sites for hydroxylation is 1. The largest absolute Gasteiger partial charge is 0.370 e. The van der Waals surface area contributed by atoms with E-state index in [1.54, 1.807) is 0 Å². The fraction of sp³-hybridized carbons (Fsp3) is 0.692. The minimum atomic E-state index is 0.854. The molecule has 1 N–H and O–H groups in total. The molecule has 0 aromatic carbocycles. The van der Waals surface area contributed by atoms with Gasteiger partial charge in [-0.15, -0.1) is 0 Å². The van der Waals surface area contributed by atoms with Crippen molar-refractivity contribution in [1.82, 2.24) is 9.97 Å². The molecule has 2 heterocycles. The van der Waals surface area contributed by atoms with Crippen molar-refractivity contribution in [3.05, 3.63) is 11.4 Å². The van der Waals surface area contributed by atoms with E-state index < -0.39 is 0 Å². The van der Waals surface area contributed by atoms with E-state index in [2.05, 4.69) is 34.0 Å². The molecule has 0 spiro atoms. The number of nitrogens with one attached hydrogen (secondary N) is 1. The summed E-state index contributed by atoms with van der Waals surface area (Å²) in [5.74, 6) is 2.96. The van der Waals surface area contributed by atoms with Crippen LogP contribution >= 0.6 is 0 Å². The first kappa shape index (κ1) is 12.1. The third kappa shape index (κ3) is 2.68. The van der Waals surface area contributed by atoms with Gasteiger partial charge in [0.2, 0.25) is 0 Å². The van der Waals surface area contributed by atoms with Crippen molar-refractivity contribution in [2.75, 3.05) is 29.9 Å². The fourth-order valence-electron chi connectivity index (χ4n) is 2.37. The van der Waals surface area contributed by atoms with Gasteiger partial charge in [-0.05, 0) is 40.0 Å². The summed E-state index contributed by atoms with van der Waals surface area (Å²) in [4.78, 5) is 11.5. The average Bonchev–Trinajstić information content (AvgIpc) is 2.35. The van der Waals surface area contributed by atoms with E-state index in [0.29, 0.717) is 0 Å². The van der Waals surface area contributed by atoms with E-state index in [-0.39, 0.29) is 0 Å². The molecule has 0 radical (unpaired) electrons. The molecule has 1 saturated heterocycles. The van der Waals surface area contributed by atoms with Gasteiger partial charge < -0.3 is 10.2 Å². The summed E-state index contributed by atoms with van der Waals surface area (Å²) in [6, 6.07) is 0. The number of anilines is 2. The van der Waals surface area contributed by atoms with Crippen LogP contribution in [0.15, 0.2) is 0 Å². The lowest BCUT2D eigenvalue weighted by atomic mass is 10.1. The van der Waals surface area contributed by atoms with E-state index in [9.17, 15) is 0 Å². The van der Waals surface area contributed by atoms with Crippen molar-refractivity contribution in [3.63, 3.8) is 0 Å². The van der Waals surface area contributed by atoms with Crippen LogP contribution in [0.3, 0.4) is 0 Å². The van der Waals surface area contributed by atoms with Gasteiger partial charge in [0.05, 0.1) is 0 Å². The molecule has 0 saturated carbocycles. The van der Waals surface area contributed by atoms with Crippen LogP contribution in [0.4, 0.5) is 11.6 Å². The van der Waals surface area contributed by atoms with Crippen LogP contribution in [-0.4, -0.2) is 29.6 Å². The van der Waals surface area contributed by atoms with E-state index in [1.165, 1.54) is 24.8 Å². The standard InChI is InChI=1S/C13H22N4/c1-4-14-12-10(2)13(16-11(3)15-12)17-8-6-5-7-9-17/h4-9H2,1-3H3,(H,14,15,16). The number of piperidine rings is 1. The normalized spacial score (nSPS) is 16.1. The van der Waals surface area contributed by atoms with Crippen molar-refractivity contribution in [3.8, 4) is 0 Å². The lowest BCUT2D eigenvalue weighted by Crippen LogP contribution is -2.31. The molecule has 1 aliphatic rings. The van der Waals surface area contributed by atoms with Gasteiger partial charge >= 0.3 is 0 Å². The lowest BCUT2D eigenvalue weighted by molar-refractivity contribution is 0.571. The molecule has 0 aliphatic carbocycles. The third-order valence-corrected chi connectivity index (χ3v) is 3.23. The predicted octanol–water partition coefficient (Wildman–Crippen LogP) is 2.52. The van der Waals surface area contributed by atoms with Crippen LogP contribution in [-0.2, 0) is 0 Å². The molecule has 0 unspecified atom stereocenters. The third-order valence-electron chi connectivity index (χ3n) is 3.23. The number of hydrogen-bond donors (Lipinski definition) is 1. The quantitative estimate of drug-likeness (QED) is 0.872. The Morgan fingerprint density at radius 2 is 1.82 bits per heavy atom. The second kappa shape index (κ2) is 5.34. The molecule has 1 fully saturated rings. The molecule has 17 heavy (non-hydrogen) atoms. The monoisotopic (exact) mass is 234 g/mol. The lowest BCUT2D eigenvalue weighted by Gasteiger charge is -2.29. The molecule has 0 bridgehead atoms. The molecule has 1 aliphatic heterocycles. The van der Waals surface area contributed by atoms with E-state index >= 15 is 0 Å². The topological polar surface area (TPSA) is 41.1 Å². The Bertz CT molecular complexity index is 383. The number of hydrogen-bond acceptors (Lipinski definition) is 4. The zero-order chi connectivity index (χ0) is 12.3. The summed E-state index contributed by atoms with van der Waals surface area (Å²) >= 11 is 0. The van der Waals surface area contributed by atoms with Gasteiger partial charge in [-0.2, -0.15) is 0 Å². The number of aromatic nitrogens is 2. The van der Waals surface area contributed by atoms with Gasteiger partial charge in [0.15, 0.2) is 0 Å². The van der Waals surface area contributed by atoms with Gasteiger partial charge in [-0.3, -0.25) is 0 Å². The molecule has 4 nitrogen and oxygen atoms in total. The highest BCUT2D eigenvalue weighted by Crippen LogP contribution is 2.25. The van der Waals surface area contributed by atoms with Crippen LogP contribution < -0.4 is 10.2 Å². The molecule has 1 aromatic heterocycles. The number of rotatable bonds is 3. The van der Waals surface area contributed by atoms with Crippen LogP contribution in [0.1, 0.15) is 37.6 Å². The highest BCUT2D eigenvalue weighted by molar-refractivity contribution is 5.58. The highest BCUT2D eigenvalue weighted by Gasteiger charge is 2.17. The summed E-state index contributed by atoms with van der Waals surface area (Å²) in [6.07, 6.45) is 3.90. The van der Waals surface area contributed by atoms with Gasteiger partial charge in [0, 0.05) is 25.2 Å².